The fourth-order valence-electron chi connectivity index (χ4n) is 0.593. The van der Waals surface area contributed by atoms with Crippen molar-refractivity contribution in [3.05, 3.63) is 10.1 Å². The summed E-state index contributed by atoms with van der Waals surface area (Å²) in [5, 5.41) is 13.2. The summed E-state index contributed by atoms with van der Waals surface area (Å²) in [7, 11) is 0. The first-order valence-corrected chi connectivity index (χ1v) is 2.56. The van der Waals surface area contributed by atoms with Crippen molar-refractivity contribution in [2.45, 2.75) is 6.92 Å². The molecular formula is C4H6N2O3. The molecule has 5 heteroatoms. The van der Waals surface area contributed by atoms with Crippen LogP contribution < -0.4 is 0 Å². The standard InChI is InChI=1S/C4H6N2O3/c1-3-2-9-5-4(3)6(7)8/h3H,2H2,1H3/t3-/m1/s1. The molecule has 0 spiro atoms. The molecule has 0 aromatic heterocycles. The Morgan fingerprint density at radius 3 is 2.89 bits per heavy atom. The Hall–Kier alpha value is -1.13. The number of hydrogen-bond acceptors (Lipinski definition) is 4. The molecular weight excluding hydrogens is 124 g/mol. The van der Waals surface area contributed by atoms with E-state index in [4.69, 9.17) is 0 Å². The van der Waals surface area contributed by atoms with Gasteiger partial charge in [0, 0.05) is 0 Å². The van der Waals surface area contributed by atoms with E-state index in [1.807, 2.05) is 0 Å². The third-order valence-electron chi connectivity index (χ3n) is 1.11. The molecule has 0 unspecified atom stereocenters. The topological polar surface area (TPSA) is 64.7 Å². The molecule has 9 heavy (non-hydrogen) atoms. The molecule has 0 saturated heterocycles. The summed E-state index contributed by atoms with van der Waals surface area (Å²) in [5.74, 6) is -0.241. The first kappa shape index (κ1) is 6.00. The van der Waals surface area contributed by atoms with Crippen molar-refractivity contribution >= 4 is 5.84 Å². The molecule has 0 radical (unpaired) electrons. The van der Waals surface area contributed by atoms with Crippen LogP contribution in [-0.4, -0.2) is 17.4 Å². The number of oxime groups is 1. The average Bonchev–Trinajstić information content (AvgIpc) is 2.13. The maximum absolute atomic E-state index is 10.0. The lowest BCUT2D eigenvalue weighted by molar-refractivity contribution is -0.355. The maximum atomic E-state index is 10.0. The van der Waals surface area contributed by atoms with Gasteiger partial charge in [-0.1, -0.05) is 0 Å². The third-order valence-corrected chi connectivity index (χ3v) is 1.11. The number of hydrogen-bond donors (Lipinski definition) is 0. The monoisotopic (exact) mass is 130 g/mol. The molecule has 0 aliphatic carbocycles. The zero-order valence-electron chi connectivity index (χ0n) is 4.90. The van der Waals surface area contributed by atoms with Crippen LogP contribution in [0.2, 0.25) is 0 Å². The highest BCUT2D eigenvalue weighted by Crippen LogP contribution is 2.08. The van der Waals surface area contributed by atoms with Gasteiger partial charge in [0.05, 0.1) is 0 Å². The fourth-order valence-corrected chi connectivity index (χ4v) is 0.593. The molecule has 0 amide bonds. The van der Waals surface area contributed by atoms with Crippen molar-refractivity contribution in [1.29, 1.82) is 0 Å². The molecule has 1 aliphatic rings. The Balaban J connectivity index is 2.68. The van der Waals surface area contributed by atoms with Gasteiger partial charge in [-0.15, -0.1) is 0 Å². The lowest BCUT2D eigenvalue weighted by atomic mass is 10.2. The van der Waals surface area contributed by atoms with Crippen molar-refractivity contribution in [2.24, 2.45) is 11.1 Å². The van der Waals surface area contributed by atoms with E-state index in [-0.39, 0.29) is 11.8 Å². The molecule has 0 N–H and O–H groups in total. The van der Waals surface area contributed by atoms with Crippen molar-refractivity contribution in [1.82, 2.24) is 0 Å². The van der Waals surface area contributed by atoms with Crippen LogP contribution in [0.1, 0.15) is 6.92 Å². The number of rotatable bonds is 0. The maximum Gasteiger partial charge on any atom is 0.391 e. The van der Waals surface area contributed by atoms with Gasteiger partial charge in [0.2, 0.25) is 0 Å². The molecule has 1 atom stereocenters. The van der Waals surface area contributed by atoms with Crippen LogP contribution in [0.3, 0.4) is 0 Å². The molecule has 1 heterocycles. The van der Waals surface area contributed by atoms with Crippen molar-refractivity contribution < 1.29 is 9.76 Å². The molecule has 0 fully saturated rings. The Kier molecular flexibility index (Phi) is 1.33. The predicted octanol–water partition coefficient (Wildman–Crippen LogP) is 0.243. The lowest BCUT2D eigenvalue weighted by Gasteiger charge is -1.92. The summed E-state index contributed by atoms with van der Waals surface area (Å²) < 4.78 is 0. The van der Waals surface area contributed by atoms with Gasteiger partial charge in [0.15, 0.2) is 11.8 Å². The van der Waals surface area contributed by atoms with Gasteiger partial charge in [-0.3, -0.25) is 4.84 Å². The van der Waals surface area contributed by atoms with Crippen LogP contribution in [0.15, 0.2) is 5.16 Å². The summed E-state index contributed by atoms with van der Waals surface area (Å²) in [5.41, 5.74) is 0. The second-order valence-electron chi connectivity index (χ2n) is 1.90. The molecule has 0 aromatic carbocycles. The van der Waals surface area contributed by atoms with Crippen molar-refractivity contribution in [3.63, 3.8) is 0 Å². The van der Waals surface area contributed by atoms with Gasteiger partial charge < -0.3 is 10.1 Å². The minimum atomic E-state index is -0.516. The highest BCUT2D eigenvalue weighted by molar-refractivity contribution is 5.76. The Morgan fingerprint density at radius 1 is 2.00 bits per heavy atom. The molecule has 0 bridgehead atoms. The highest BCUT2D eigenvalue weighted by Gasteiger charge is 2.30. The Morgan fingerprint density at radius 2 is 2.67 bits per heavy atom. The Bertz CT molecular complexity index is 165. The van der Waals surface area contributed by atoms with E-state index in [1.54, 1.807) is 6.92 Å². The van der Waals surface area contributed by atoms with Crippen LogP contribution in [-0.2, 0) is 4.84 Å². The molecule has 50 valence electrons. The van der Waals surface area contributed by atoms with Gasteiger partial charge in [0.1, 0.15) is 5.92 Å². The van der Waals surface area contributed by atoms with E-state index in [9.17, 15) is 10.1 Å². The van der Waals surface area contributed by atoms with E-state index in [2.05, 4.69) is 9.99 Å². The number of amidine groups is 1. The molecule has 0 saturated carbocycles. The minimum Gasteiger partial charge on any atom is -0.358 e. The van der Waals surface area contributed by atoms with Gasteiger partial charge in [-0.2, -0.15) is 0 Å². The lowest BCUT2D eigenvalue weighted by Crippen LogP contribution is -2.17. The summed E-state index contributed by atoms with van der Waals surface area (Å²) in [6.45, 7) is 2.03. The van der Waals surface area contributed by atoms with Gasteiger partial charge in [0.25, 0.3) is 0 Å². The quantitative estimate of drug-likeness (QED) is 0.348. The number of nitrogens with zero attached hydrogens (tertiary/aromatic N) is 2. The summed E-state index contributed by atoms with van der Waals surface area (Å²) >= 11 is 0. The third kappa shape index (κ3) is 0.984. The fraction of sp³-hybridized carbons (Fsp3) is 0.750. The molecule has 1 rings (SSSR count). The van der Waals surface area contributed by atoms with E-state index in [1.165, 1.54) is 0 Å². The molecule has 1 aliphatic heterocycles. The summed E-state index contributed by atoms with van der Waals surface area (Å²) in [6.07, 6.45) is 0. The first-order chi connectivity index (χ1) is 4.22. The Labute approximate surface area is 51.4 Å². The SMILES string of the molecule is C[C@@H]1CON=C1[N+](=O)[O-]. The van der Waals surface area contributed by atoms with Crippen LogP contribution in [0.25, 0.3) is 0 Å². The van der Waals surface area contributed by atoms with Crippen molar-refractivity contribution in [3.8, 4) is 0 Å². The van der Waals surface area contributed by atoms with E-state index in [0.717, 1.165) is 0 Å². The van der Waals surface area contributed by atoms with E-state index in [0.29, 0.717) is 6.61 Å². The summed E-state index contributed by atoms with van der Waals surface area (Å²) in [4.78, 5) is 14.0. The van der Waals surface area contributed by atoms with Crippen LogP contribution in [0.4, 0.5) is 0 Å². The highest BCUT2D eigenvalue weighted by atomic mass is 16.7. The minimum absolute atomic E-state index is 0.0741. The second kappa shape index (κ2) is 2.00. The molecule has 5 nitrogen and oxygen atoms in total. The van der Waals surface area contributed by atoms with E-state index < -0.39 is 4.92 Å². The van der Waals surface area contributed by atoms with E-state index >= 15 is 0 Å². The largest absolute Gasteiger partial charge is 0.391 e. The first-order valence-electron chi connectivity index (χ1n) is 2.56. The average molecular weight is 130 g/mol. The summed E-state index contributed by atoms with van der Waals surface area (Å²) in [6, 6.07) is 0. The van der Waals surface area contributed by atoms with Crippen molar-refractivity contribution in [2.75, 3.05) is 6.61 Å². The van der Waals surface area contributed by atoms with Gasteiger partial charge >= 0.3 is 5.84 Å². The van der Waals surface area contributed by atoms with Crippen LogP contribution >= 0.6 is 0 Å². The predicted molar refractivity (Wildman–Crippen MR) is 29.5 cm³/mol. The van der Waals surface area contributed by atoms with Gasteiger partial charge in [-0.05, 0) is 11.8 Å². The smallest absolute Gasteiger partial charge is 0.358 e. The van der Waals surface area contributed by atoms with Crippen LogP contribution in [0.5, 0.6) is 0 Å². The second-order valence-corrected chi connectivity index (χ2v) is 1.90. The zero-order chi connectivity index (χ0) is 6.85. The van der Waals surface area contributed by atoms with Gasteiger partial charge in [-0.25, -0.2) is 0 Å². The normalized spacial score (nSPS) is 25.0. The molecule has 0 aromatic rings. The number of nitro groups is 1. The zero-order valence-corrected chi connectivity index (χ0v) is 4.90. The van der Waals surface area contributed by atoms with Crippen LogP contribution in [0, 0.1) is 16.0 Å².